The molecule has 132 valence electrons. The van der Waals surface area contributed by atoms with E-state index in [4.69, 9.17) is 4.42 Å². The van der Waals surface area contributed by atoms with Crippen molar-refractivity contribution in [2.24, 2.45) is 0 Å². The molecule has 0 aliphatic rings. The molecule has 2 aromatic heterocycles. The molecule has 0 spiro atoms. The molecule has 3 aromatic rings. The van der Waals surface area contributed by atoms with Crippen LogP contribution in [0.3, 0.4) is 0 Å². The van der Waals surface area contributed by atoms with Gasteiger partial charge >= 0.3 is 0 Å². The van der Waals surface area contributed by atoms with E-state index in [0.717, 1.165) is 0 Å². The molecule has 0 radical (unpaired) electrons. The van der Waals surface area contributed by atoms with Gasteiger partial charge in [0, 0.05) is 24.2 Å². The summed E-state index contributed by atoms with van der Waals surface area (Å²) in [7, 11) is 0. The molecule has 26 heavy (non-hydrogen) atoms. The smallest absolute Gasteiger partial charge is 0.269 e. The van der Waals surface area contributed by atoms with Crippen LogP contribution in [-0.2, 0) is 6.54 Å². The van der Waals surface area contributed by atoms with E-state index >= 15 is 0 Å². The normalized spacial score (nSPS) is 11.2. The summed E-state index contributed by atoms with van der Waals surface area (Å²) >= 11 is 3.33. The first-order chi connectivity index (χ1) is 12.5. The van der Waals surface area contributed by atoms with Crippen LogP contribution in [-0.4, -0.2) is 20.5 Å². The Morgan fingerprint density at radius 2 is 2.04 bits per heavy atom. The number of nitrogens with zero attached hydrogens (tertiary/aromatic N) is 3. The van der Waals surface area contributed by atoms with E-state index in [-0.39, 0.29) is 11.5 Å². The van der Waals surface area contributed by atoms with Gasteiger partial charge in [0.2, 0.25) is 5.78 Å². The zero-order chi connectivity index (χ0) is 18.7. The highest BCUT2D eigenvalue weighted by molar-refractivity contribution is 9.10. The Bertz CT molecular complexity index is 986. The van der Waals surface area contributed by atoms with Crippen molar-refractivity contribution in [3.8, 4) is 11.3 Å². The van der Waals surface area contributed by atoms with Crippen LogP contribution in [0.4, 0.5) is 5.69 Å². The predicted molar refractivity (Wildman–Crippen MR) is 99.8 cm³/mol. The maximum absolute atomic E-state index is 12.4. The van der Waals surface area contributed by atoms with Gasteiger partial charge in [0.05, 0.1) is 15.6 Å². The van der Waals surface area contributed by atoms with E-state index < -0.39 is 4.92 Å². The van der Waals surface area contributed by atoms with E-state index in [0.29, 0.717) is 33.8 Å². The first-order valence-corrected chi connectivity index (χ1v) is 8.57. The Balaban J connectivity index is 1.77. The third-order valence-electron chi connectivity index (χ3n) is 3.72. The maximum atomic E-state index is 12.4. The van der Waals surface area contributed by atoms with Gasteiger partial charge < -0.3 is 4.42 Å². The van der Waals surface area contributed by atoms with Gasteiger partial charge in [-0.25, -0.2) is 0 Å². The van der Waals surface area contributed by atoms with Crippen molar-refractivity contribution in [2.75, 3.05) is 0 Å². The molecule has 2 heterocycles. The lowest BCUT2D eigenvalue weighted by Gasteiger charge is -2.01. The number of carbonyl (C=O) groups is 1. The third kappa shape index (κ3) is 3.65. The molecule has 8 heteroatoms. The SMILES string of the molecule is CCn1ncc(Br)c1C(=O)/C=C/c1ccc(-c2ccc([N+](=O)[O-])cc2)o1. The van der Waals surface area contributed by atoms with Gasteiger partial charge in [0.1, 0.15) is 17.2 Å². The molecule has 0 aliphatic heterocycles. The lowest BCUT2D eigenvalue weighted by molar-refractivity contribution is -0.384. The van der Waals surface area contributed by atoms with Crippen molar-refractivity contribution >= 4 is 33.5 Å². The lowest BCUT2D eigenvalue weighted by Crippen LogP contribution is -2.07. The van der Waals surface area contributed by atoms with Crippen molar-refractivity contribution in [2.45, 2.75) is 13.5 Å². The molecular formula is C18H14BrN3O4. The second-order valence-corrected chi connectivity index (χ2v) is 6.21. The van der Waals surface area contributed by atoms with Crippen molar-refractivity contribution in [3.63, 3.8) is 0 Å². The van der Waals surface area contributed by atoms with Crippen LogP contribution in [0, 0.1) is 10.1 Å². The Kier molecular flexibility index (Phi) is 5.13. The van der Waals surface area contributed by atoms with Crippen LogP contribution < -0.4 is 0 Å². The van der Waals surface area contributed by atoms with Crippen LogP contribution in [0.25, 0.3) is 17.4 Å². The molecule has 0 fully saturated rings. The summed E-state index contributed by atoms with van der Waals surface area (Å²) < 4.78 is 7.93. The summed E-state index contributed by atoms with van der Waals surface area (Å²) in [5.41, 5.74) is 1.21. The molecule has 0 saturated heterocycles. The number of non-ortho nitro benzene ring substituents is 1. The summed E-state index contributed by atoms with van der Waals surface area (Å²) in [6.45, 7) is 2.49. The van der Waals surface area contributed by atoms with Gasteiger partial charge in [-0.3, -0.25) is 19.6 Å². The van der Waals surface area contributed by atoms with E-state index in [2.05, 4.69) is 21.0 Å². The number of allylic oxidation sites excluding steroid dienone is 1. The van der Waals surface area contributed by atoms with Crippen LogP contribution in [0.5, 0.6) is 0 Å². The highest BCUT2D eigenvalue weighted by atomic mass is 79.9. The summed E-state index contributed by atoms with van der Waals surface area (Å²) in [6, 6.07) is 9.55. The zero-order valence-corrected chi connectivity index (χ0v) is 15.3. The minimum absolute atomic E-state index is 0.0177. The van der Waals surface area contributed by atoms with Gasteiger partial charge in [-0.05, 0) is 59.3 Å². The number of benzene rings is 1. The molecule has 3 rings (SSSR count). The van der Waals surface area contributed by atoms with Crippen molar-refractivity contribution < 1.29 is 14.1 Å². The van der Waals surface area contributed by atoms with Crippen molar-refractivity contribution in [3.05, 3.63) is 74.7 Å². The molecule has 0 amide bonds. The molecule has 0 bridgehead atoms. The number of nitro benzene ring substituents is 1. The fourth-order valence-corrected chi connectivity index (χ4v) is 2.92. The largest absolute Gasteiger partial charge is 0.457 e. The quantitative estimate of drug-likeness (QED) is 0.251. The van der Waals surface area contributed by atoms with Gasteiger partial charge in [0.25, 0.3) is 5.69 Å². The highest BCUT2D eigenvalue weighted by Crippen LogP contribution is 2.25. The number of ketones is 1. The molecule has 0 unspecified atom stereocenters. The number of hydrogen-bond donors (Lipinski definition) is 0. The average Bonchev–Trinajstić information content (AvgIpc) is 3.26. The summed E-state index contributed by atoms with van der Waals surface area (Å²) in [4.78, 5) is 22.6. The Morgan fingerprint density at radius 1 is 1.31 bits per heavy atom. The monoisotopic (exact) mass is 415 g/mol. The molecule has 7 nitrogen and oxygen atoms in total. The summed E-state index contributed by atoms with van der Waals surface area (Å²) in [6.07, 6.45) is 4.59. The van der Waals surface area contributed by atoms with Crippen LogP contribution in [0.1, 0.15) is 23.2 Å². The standard InChI is InChI=1S/C18H14BrN3O4/c1-2-21-18(15(19)11-20-21)16(23)9-7-14-8-10-17(26-14)12-3-5-13(6-4-12)22(24)25/h3-11H,2H2,1H3/b9-7+. The zero-order valence-electron chi connectivity index (χ0n) is 13.8. The number of aromatic nitrogens is 2. The Hall–Kier alpha value is -3.00. The number of halogens is 1. The maximum Gasteiger partial charge on any atom is 0.269 e. The molecule has 0 saturated carbocycles. The van der Waals surface area contributed by atoms with Crippen LogP contribution >= 0.6 is 15.9 Å². The van der Waals surface area contributed by atoms with Gasteiger partial charge in [-0.2, -0.15) is 5.10 Å². The second-order valence-electron chi connectivity index (χ2n) is 5.36. The molecule has 0 atom stereocenters. The van der Waals surface area contributed by atoms with Gasteiger partial charge in [-0.1, -0.05) is 0 Å². The number of nitro groups is 1. The fraction of sp³-hybridized carbons (Fsp3) is 0.111. The topological polar surface area (TPSA) is 91.2 Å². The third-order valence-corrected chi connectivity index (χ3v) is 4.30. The highest BCUT2D eigenvalue weighted by Gasteiger charge is 2.14. The van der Waals surface area contributed by atoms with Crippen molar-refractivity contribution in [1.29, 1.82) is 0 Å². The van der Waals surface area contributed by atoms with E-state index in [9.17, 15) is 14.9 Å². The molecular weight excluding hydrogens is 402 g/mol. The number of aryl methyl sites for hydroxylation is 1. The molecule has 0 aliphatic carbocycles. The Labute approximate surface area is 157 Å². The van der Waals surface area contributed by atoms with Crippen LogP contribution in [0.2, 0.25) is 0 Å². The minimum atomic E-state index is -0.454. The number of furan rings is 1. The summed E-state index contributed by atoms with van der Waals surface area (Å²) in [5, 5.41) is 14.8. The van der Waals surface area contributed by atoms with Gasteiger partial charge in [0.15, 0.2) is 0 Å². The summed E-state index contributed by atoms with van der Waals surface area (Å²) in [5.74, 6) is 0.877. The first kappa shape index (κ1) is 17.8. The van der Waals surface area contributed by atoms with Crippen LogP contribution in [0.15, 0.2) is 57.6 Å². The Morgan fingerprint density at radius 3 is 2.69 bits per heavy atom. The molecule has 1 aromatic carbocycles. The lowest BCUT2D eigenvalue weighted by atomic mass is 10.1. The van der Waals surface area contributed by atoms with E-state index in [1.54, 1.807) is 41.2 Å². The van der Waals surface area contributed by atoms with Crippen molar-refractivity contribution in [1.82, 2.24) is 9.78 Å². The predicted octanol–water partition coefficient (Wildman–Crippen LogP) is 4.73. The number of rotatable bonds is 6. The van der Waals surface area contributed by atoms with E-state index in [1.807, 2.05) is 6.92 Å². The number of hydrogen-bond acceptors (Lipinski definition) is 5. The minimum Gasteiger partial charge on any atom is -0.457 e. The average molecular weight is 416 g/mol. The van der Waals surface area contributed by atoms with Gasteiger partial charge in [-0.15, -0.1) is 0 Å². The molecule has 0 N–H and O–H groups in total. The van der Waals surface area contributed by atoms with E-state index in [1.165, 1.54) is 18.2 Å². The second kappa shape index (κ2) is 7.49. The number of carbonyl (C=O) groups excluding carboxylic acids is 1. The fourth-order valence-electron chi connectivity index (χ4n) is 2.43. The first-order valence-electron chi connectivity index (χ1n) is 7.78.